The smallest absolute Gasteiger partial charge is 0.217 e. The largest absolute Gasteiger partial charge is 0.367 e. The lowest BCUT2D eigenvalue weighted by atomic mass is 9.91. The molecule has 1 amide bonds. The van der Waals surface area contributed by atoms with E-state index in [1.807, 2.05) is 23.7 Å². The maximum atomic E-state index is 11.3. The number of rotatable bonds is 5. The zero-order valence-electron chi connectivity index (χ0n) is 18.2. The average molecular weight is 407 g/mol. The van der Waals surface area contributed by atoms with E-state index in [9.17, 15) is 4.79 Å². The van der Waals surface area contributed by atoms with Gasteiger partial charge in [-0.3, -0.25) is 4.79 Å². The Balaban J connectivity index is 1.67. The summed E-state index contributed by atoms with van der Waals surface area (Å²) in [4.78, 5) is 21.0. The van der Waals surface area contributed by atoms with Crippen LogP contribution < -0.4 is 10.6 Å². The number of benzene rings is 1. The van der Waals surface area contributed by atoms with Crippen molar-refractivity contribution in [3.05, 3.63) is 41.3 Å². The standard InChI is InChI=1S/C23H30N6O/c1-5-20-26-22(25-18-12-10-17(11-13-18)24-16(4)30)21-15(3)28-29(23(21)27-20)19-9-7-6-8-14(19)2/h6-9,17-18H,5,10-13H2,1-4H3,(H,24,30)(H,25,26,27). The molecule has 4 rings (SSSR count). The molecule has 1 aromatic carbocycles. The molecule has 7 nitrogen and oxygen atoms in total. The van der Waals surface area contributed by atoms with Gasteiger partial charge in [-0.1, -0.05) is 25.1 Å². The Morgan fingerprint density at radius 1 is 1.10 bits per heavy atom. The van der Waals surface area contributed by atoms with Crippen LogP contribution in [0.5, 0.6) is 0 Å². The third-order valence-corrected chi connectivity index (χ3v) is 5.88. The summed E-state index contributed by atoms with van der Waals surface area (Å²) in [6, 6.07) is 8.84. The van der Waals surface area contributed by atoms with Gasteiger partial charge in [0.1, 0.15) is 11.6 Å². The molecule has 0 unspecified atom stereocenters. The maximum Gasteiger partial charge on any atom is 0.217 e. The number of nitrogens with zero attached hydrogens (tertiary/aromatic N) is 4. The van der Waals surface area contributed by atoms with Crippen LogP contribution in [0.2, 0.25) is 0 Å². The first kappa shape index (κ1) is 20.3. The highest BCUT2D eigenvalue weighted by molar-refractivity contribution is 5.90. The van der Waals surface area contributed by atoms with Crippen molar-refractivity contribution in [3.63, 3.8) is 0 Å². The Morgan fingerprint density at radius 2 is 1.80 bits per heavy atom. The number of hydrogen-bond acceptors (Lipinski definition) is 5. The number of fused-ring (bicyclic) bond motifs is 1. The zero-order valence-corrected chi connectivity index (χ0v) is 18.2. The molecule has 7 heteroatoms. The summed E-state index contributed by atoms with van der Waals surface area (Å²) in [5, 5.41) is 12.5. The molecule has 30 heavy (non-hydrogen) atoms. The van der Waals surface area contributed by atoms with E-state index >= 15 is 0 Å². The van der Waals surface area contributed by atoms with E-state index in [1.165, 1.54) is 0 Å². The minimum absolute atomic E-state index is 0.0516. The predicted molar refractivity (Wildman–Crippen MR) is 119 cm³/mol. The quantitative estimate of drug-likeness (QED) is 0.672. The summed E-state index contributed by atoms with van der Waals surface area (Å²) in [5.41, 5.74) is 3.97. The van der Waals surface area contributed by atoms with Gasteiger partial charge in [0.15, 0.2) is 5.65 Å². The van der Waals surface area contributed by atoms with E-state index in [2.05, 4.69) is 36.6 Å². The molecule has 0 spiro atoms. The first-order valence-corrected chi connectivity index (χ1v) is 10.8. The number of nitrogens with one attached hydrogen (secondary N) is 2. The van der Waals surface area contributed by atoms with Crippen LogP contribution in [0.1, 0.15) is 56.6 Å². The summed E-state index contributed by atoms with van der Waals surface area (Å²) < 4.78 is 1.94. The SMILES string of the molecule is CCc1nc(NC2CCC(NC(C)=O)CC2)c2c(C)nn(-c3ccccc3C)c2n1. The molecule has 0 bridgehead atoms. The topological polar surface area (TPSA) is 84.7 Å². The third-order valence-electron chi connectivity index (χ3n) is 5.88. The van der Waals surface area contributed by atoms with Gasteiger partial charge in [-0.2, -0.15) is 5.10 Å². The summed E-state index contributed by atoms with van der Waals surface area (Å²) >= 11 is 0. The van der Waals surface area contributed by atoms with Gasteiger partial charge in [-0.05, 0) is 51.2 Å². The molecule has 3 aromatic rings. The first-order valence-electron chi connectivity index (χ1n) is 10.8. The molecule has 1 aliphatic rings. The van der Waals surface area contributed by atoms with Crippen LogP contribution in [0.3, 0.4) is 0 Å². The number of anilines is 1. The first-order chi connectivity index (χ1) is 14.5. The number of hydrogen-bond donors (Lipinski definition) is 2. The van der Waals surface area contributed by atoms with E-state index in [1.54, 1.807) is 6.92 Å². The van der Waals surface area contributed by atoms with Crippen molar-refractivity contribution < 1.29 is 4.79 Å². The maximum absolute atomic E-state index is 11.3. The lowest BCUT2D eigenvalue weighted by molar-refractivity contribution is -0.119. The van der Waals surface area contributed by atoms with Crippen molar-refractivity contribution in [2.24, 2.45) is 0 Å². The summed E-state index contributed by atoms with van der Waals surface area (Å²) in [5.74, 6) is 1.74. The van der Waals surface area contributed by atoms with Crippen LogP contribution in [0.15, 0.2) is 24.3 Å². The fourth-order valence-corrected chi connectivity index (χ4v) is 4.32. The molecule has 0 aliphatic heterocycles. The fraction of sp³-hybridized carbons (Fsp3) is 0.478. The lowest BCUT2D eigenvalue weighted by Gasteiger charge is -2.30. The number of aryl methyl sites for hydroxylation is 3. The van der Waals surface area contributed by atoms with Gasteiger partial charge in [-0.25, -0.2) is 14.6 Å². The van der Waals surface area contributed by atoms with Crippen LogP contribution >= 0.6 is 0 Å². The van der Waals surface area contributed by atoms with Gasteiger partial charge >= 0.3 is 0 Å². The van der Waals surface area contributed by atoms with Crippen LogP contribution in [0, 0.1) is 13.8 Å². The van der Waals surface area contributed by atoms with Crippen molar-refractivity contribution >= 4 is 22.8 Å². The molecule has 0 radical (unpaired) electrons. The zero-order chi connectivity index (χ0) is 21.3. The fourth-order valence-electron chi connectivity index (χ4n) is 4.32. The van der Waals surface area contributed by atoms with Gasteiger partial charge < -0.3 is 10.6 Å². The normalized spacial score (nSPS) is 19.1. The van der Waals surface area contributed by atoms with Gasteiger partial charge in [-0.15, -0.1) is 0 Å². The Kier molecular flexibility index (Phi) is 5.70. The second kappa shape index (κ2) is 8.42. The minimum Gasteiger partial charge on any atom is -0.367 e. The molecule has 1 fully saturated rings. The molecule has 2 aromatic heterocycles. The van der Waals surface area contributed by atoms with E-state index in [-0.39, 0.29) is 11.9 Å². The van der Waals surface area contributed by atoms with E-state index in [4.69, 9.17) is 15.1 Å². The lowest BCUT2D eigenvalue weighted by Crippen LogP contribution is -2.39. The highest BCUT2D eigenvalue weighted by Crippen LogP contribution is 2.30. The molecule has 2 N–H and O–H groups in total. The molecular weight excluding hydrogens is 376 g/mol. The second-order valence-corrected chi connectivity index (χ2v) is 8.22. The van der Waals surface area contributed by atoms with E-state index in [0.29, 0.717) is 6.04 Å². The van der Waals surface area contributed by atoms with Crippen LogP contribution in [0.4, 0.5) is 5.82 Å². The van der Waals surface area contributed by atoms with Crippen LogP contribution in [-0.4, -0.2) is 37.7 Å². The van der Waals surface area contributed by atoms with E-state index < -0.39 is 0 Å². The molecule has 0 saturated heterocycles. The Hall–Kier alpha value is -2.96. The van der Waals surface area contributed by atoms with Crippen LogP contribution in [-0.2, 0) is 11.2 Å². The van der Waals surface area contributed by atoms with Crippen molar-refractivity contribution in [2.45, 2.75) is 71.9 Å². The van der Waals surface area contributed by atoms with Crippen molar-refractivity contribution in [2.75, 3.05) is 5.32 Å². The molecule has 2 heterocycles. The summed E-state index contributed by atoms with van der Waals surface area (Å²) in [6.07, 6.45) is 4.73. The Bertz CT molecular complexity index is 1060. The van der Waals surface area contributed by atoms with Gasteiger partial charge in [0.2, 0.25) is 5.91 Å². The van der Waals surface area contributed by atoms with Gasteiger partial charge in [0.05, 0.1) is 16.8 Å². The Morgan fingerprint density at radius 3 is 2.47 bits per heavy atom. The number of aromatic nitrogens is 4. The van der Waals surface area contributed by atoms with E-state index in [0.717, 1.165) is 71.7 Å². The molecular formula is C23H30N6O. The average Bonchev–Trinajstić information content (AvgIpc) is 3.06. The highest BCUT2D eigenvalue weighted by Gasteiger charge is 2.24. The molecule has 158 valence electrons. The number of carbonyl (C=O) groups is 1. The third kappa shape index (κ3) is 4.01. The number of carbonyl (C=O) groups excluding carboxylic acids is 1. The number of amides is 1. The van der Waals surface area contributed by atoms with Crippen molar-refractivity contribution in [1.29, 1.82) is 0 Å². The summed E-state index contributed by atoms with van der Waals surface area (Å²) in [7, 11) is 0. The van der Waals surface area contributed by atoms with Crippen molar-refractivity contribution in [3.8, 4) is 5.69 Å². The molecule has 1 saturated carbocycles. The second-order valence-electron chi connectivity index (χ2n) is 8.22. The van der Waals surface area contributed by atoms with Gasteiger partial charge in [0, 0.05) is 25.4 Å². The predicted octanol–water partition coefficient (Wildman–Crippen LogP) is 3.85. The molecule has 0 atom stereocenters. The molecule has 1 aliphatic carbocycles. The Labute approximate surface area is 177 Å². The van der Waals surface area contributed by atoms with Gasteiger partial charge in [0.25, 0.3) is 0 Å². The van der Waals surface area contributed by atoms with Crippen LogP contribution in [0.25, 0.3) is 16.7 Å². The highest BCUT2D eigenvalue weighted by atomic mass is 16.1. The number of para-hydroxylation sites is 1. The minimum atomic E-state index is 0.0516. The van der Waals surface area contributed by atoms with Crippen molar-refractivity contribution in [1.82, 2.24) is 25.1 Å². The summed E-state index contributed by atoms with van der Waals surface area (Å²) in [6.45, 7) is 7.77. The monoisotopic (exact) mass is 406 g/mol.